The van der Waals surface area contributed by atoms with Crippen LogP contribution in [0.4, 0.5) is 0 Å². The van der Waals surface area contributed by atoms with Crippen LogP contribution >= 0.6 is 0 Å². The third-order valence-electron chi connectivity index (χ3n) is 12.9. The maximum atomic E-state index is 5.55. The van der Waals surface area contributed by atoms with Crippen molar-refractivity contribution in [1.82, 2.24) is 29.9 Å². The molecule has 0 aliphatic carbocycles. The van der Waals surface area contributed by atoms with E-state index in [-0.39, 0.29) is 0 Å². The average molecular weight is 939 g/mol. The van der Waals surface area contributed by atoms with Crippen LogP contribution in [0.1, 0.15) is 88.3 Å². The minimum Gasteiger partial charge on any atom is -0.259 e. The normalized spacial score (nSPS) is 14.0. The number of aromatic nitrogens is 6. The van der Waals surface area contributed by atoms with Crippen molar-refractivity contribution in [2.24, 2.45) is 59.9 Å². The molecule has 0 bridgehead atoms. The second kappa shape index (κ2) is 22.1. The minimum atomic E-state index is 0.450. The van der Waals surface area contributed by atoms with E-state index in [4.69, 9.17) is 23.2 Å². The standard InChI is InChI=1S/3C16H15B2N6/c2*1-2-11-15-13(21-7-23-15)9(5-19-11)3-10-6-20-12(4-18-17)16-14(10)22-8-24-16;1-2-9-5-19-11(15-13(9)21-7-23-15)3-12-16-14(22-8-24-16)10(4-18-17)6-20-12/h3*5-6H,2-4,7-8H2,1H3. The SMILES string of the molecule is [B][B]Cc1cnc(Cc2ncc(CC)c3c2=NCN=3)c2c1=NCN=2.[B][B]Cc1ncc(Cc2cnc(CC)c3c2=NCN=3)c2c1=NCN=2.[B][B]Cc1ncc(Cc2cnc(CC)c3c2=NCN=3)c2c1=NCN=2. The summed E-state index contributed by atoms with van der Waals surface area (Å²) in [5.74, 6) is 0. The second-order valence-corrected chi connectivity index (χ2v) is 17.2. The molecule has 12 heterocycles. The lowest BCUT2D eigenvalue weighted by Crippen LogP contribution is -2.35. The molecule has 0 spiro atoms. The monoisotopic (exact) mass is 939 g/mol. The van der Waals surface area contributed by atoms with Crippen LogP contribution in [0.2, 0.25) is 0 Å². The summed E-state index contributed by atoms with van der Waals surface area (Å²) in [6.07, 6.45) is 17.7. The van der Waals surface area contributed by atoms with E-state index in [0.29, 0.717) is 78.2 Å². The van der Waals surface area contributed by atoms with Crippen molar-refractivity contribution < 1.29 is 0 Å². The lowest BCUT2D eigenvalue weighted by Gasteiger charge is -2.05. The van der Waals surface area contributed by atoms with Gasteiger partial charge in [0.15, 0.2) is 0 Å². The molecule has 0 atom stereocenters. The van der Waals surface area contributed by atoms with Crippen LogP contribution in [0.25, 0.3) is 0 Å². The molecule has 6 aromatic rings. The summed E-state index contributed by atoms with van der Waals surface area (Å²) >= 11 is 0. The predicted molar refractivity (Wildman–Crippen MR) is 271 cm³/mol. The van der Waals surface area contributed by atoms with Crippen LogP contribution in [0.3, 0.4) is 0 Å². The molecule has 6 aliphatic heterocycles. The van der Waals surface area contributed by atoms with Crippen molar-refractivity contribution in [3.63, 3.8) is 0 Å². The Morgan fingerprint density at radius 1 is 0.292 bits per heavy atom. The van der Waals surface area contributed by atoms with E-state index in [9.17, 15) is 0 Å². The molecule has 0 aromatic carbocycles. The first-order valence-corrected chi connectivity index (χ1v) is 24.2. The van der Waals surface area contributed by atoms with Crippen LogP contribution in [-0.4, -0.2) is 115 Å². The van der Waals surface area contributed by atoms with Gasteiger partial charge >= 0.3 is 0 Å². The lowest BCUT2D eigenvalue weighted by molar-refractivity contribution is 0.922. The topological polar surface area (TPSA) is 226 Å². The molecular weight excluding hydrogens is 894 g/mol. The minimum absolute atomic E-state index is 0.450. The van der Waals surface area contributed by atoms with E-state index in [1.807, 2.05) is 37.2 Å². The number of hydrogen-bond acceptors (Lipinski definition) is 18. The van der Waals surface area contributed by atoms with Crippen LogP contribution < -0.4 is 64.3 Å². The van der Waals surface area contributed by atoms with E-state index >= 15 is 0 Å². The zero-order valence-corrected chi connectivity index (χ0v) is 40.6. The Labute approximate surface area is 420 Å². The van der Waals surface area contributed by atoms with Crippen molar-refractivity contribution in [2.45, 2.75) is 78.3 Å². The Hall–Kier alpha value is -7.11. The van der Waals surface area contributed by atoms with E-state index in [2.05, 4.69) is 111 Å². The first-order chi connectivity index (χ1) is 35.4. The van der Waals surface area contributed by atoms with Gasteiger partial charge in [0.25, 0.3) is 0 Å². The van der Waals surface area contributed by atoms with Gasteiger partial charge in [-0.15, -0.1) is 0 Å². The quantitative estimate of drug-likeness (QED) is 0.0917. The fraction of sp³-hybridized carbons (Fsp3) is 0.375. The van der Waals surface area contributed by atoms with Crippen LogP contribution in [0, 0.1) is 0 Å². The fourth-order valence-electron chi connectivity index (χ4n) is 9.44. The Morgan fingerprint density at radius 2 is 0.556 bits per heavy atom. The van der Waals surface area contributed by atoms with Gasteiger partial charge in [-0.05, 0) is 43.0 Å². The molecule has 12 rings (SSSR count). The van der Waals surface area contributed by atoms with Gasteiger partial charge in [-0.1, -0.05) is 27.1 Å². The number of fused-ring (bicyclic) bond motifs is 6. The third kappa shape index (κ3) is 9.66. The summed E-state index contributed by atoms with van der Waals surface area (Å²) in [5.41, 5.74) is 11.9. The van der Waals surface area contributed by atoms with Crippen LogP contribution in [0.15, 0.2) is 97.1 Å². The van der Waals surface area contributed by atoms with E-state index in [0.717, 1.165) is 151 Å². The maximum absolute atomic E-state index is 5.55. The summed E-state index contributed by atoms with van der Waals surface area (Å²) in [7, 11) is 21.4. The molecule has 0 amide bonds. The molecule has 0 unspecified atom stereocenters. The number of hydrogen-bond donors (Lipinski definition) is 0. The molecule has 9 radical (unpaired) electrons. The number of nitrogens with zero attached hydrogens (tertiary/aromatic N) is 18. The lowest BCUT2D eigenvalue weighted by atomic mass is 9.52. The zero-order valence-electron chi connectivity index (χ0n) is 40.6. The largest absolute Gasteiger partial charge is 0.259 e. The smallest absolute Gasteiger partial charge is 0.131 e. The molecule has 24 heteroatoms. The molecule has 72 heavy (non-hydrogen) atoms. The van der Waals surface area contributed by atoms with Gasteiger partial charge in [-0.2, -0.15) is 0 Å². The highest BCUT2D eigenvalue weighted by Crippen LogP contribution is 2.05. The van der Waals surface area contributed by atoms with Crippen molar-refractivity contribution in [3.05, 3.63) is 169 Å². The number of pyridine rings is 6. The van der Waals surface area contributed by atoms with Crippen molar-refractivity contribution in [2.75, 3.05) is 40.0 Å². The van der Waals surface area contributed by atoms with E-state index in [1.54, 1.807) is 21.5 Å². The van der Waals surface area contributed by atoms with Gasteiger partial charge in [0.05, 0.1) is 87.8 Å². The summed E-state index contributed by atoms with van der Waals surface area (Å²) < 4.78 is 0. The van der Waals surface area contributed by atoms with Crippen LogP contribution in [-0.2, 0) is 57.5 Å². The Balaban J connectivity index is 0.000000124. The number of aryl methyl sites for hydroxylation is 3. The van der Waals surface area contributed by atoms with Gasteiger partial charge in [0.2, 0.25) is 0 Å². The molecule has 0 N–H and O–H groups in total. The first kappa shape index (κ1) is 48.5. The van der Waals surface area contributed by atoms with Gasteiger partial charge in [-0.3, -0.25) is 89.8 Å². The highest BCUT2D eigenvalue weighted by atomic mass is 15.0. The van der Waals surface area contributed by atoms with Gasteiger partial charge in [-0.25, -0.2) is 0 Å². The van der Waals surface area contributed by atoms with Gasteiger partial charge in [0.1, 0.15) is 72.2 Å². The third-order valence-corrected chi connectivity index (χ3v) is 12.9. The Bertz CT molecular complexity index is 3550. The molecule has 6 aliphatic rings. The van der Waals surface area contributed by atoms with Crippen molar-refractivity contribution in [1.29, 1.82) is 0 Å². The molecule has 0 saturated heterocycles. The van der Waals surface area contributed by atoms with Crippen LogP contribution in [0.5, 0.6) is 0 Å². The summed E-state index contributed by atoms with van der Waals surface area (Å²) in [4.78, 5) is 81.4. The molecule has 0 fully saturated rings. The van der Waals surface area contributed by atoms with Gasteiger partial charge < -0.3 is 0 Å². The average Bonchev–Trinajstić information content (AvgIpc) is 4.27. The first-order valence-electron chi connectivity index (χ1n) is 24.2. The van der Waals surface area contributed by atoms with E-state index < -0.39 is 0 Å². The second-order valence-electron chi connectivity index (χ2n) is 17.2. The van der Waals surface area contributed by atoms with Crippen molar-refractivity contribution in [3.8, 4) is 0 Å². The Kier molecular flexibility index (Phi) is 14.9. The summed E-state index contributed by atoms with van der Waals surface area (Å²) in [5, 5.41) is 11.0. The fourth-order valence-corrected chi connectivity index (χ4v) is 9.44. The summed E-state index contributed by atoms with van der Waals surface area (Å²) in [6, 6.07) is 0. The number of rotatable bonds is 15. The summed E-state index contributed by atoms with van der Waals surface area (Å²) in [6.45, 7) is 9.09. The van der Waals surface area contributed by atoms with E-state index in [1.165, 1.54) is 0 Å². The molecule has 6 aromatic heterocycles. The molecular formula is C48H45B6N18. The molecule has 18 nitrogen and oxygen atoms in total. The zero-order chi connectivity index (χ0) is 49.6. The van der Waals surface area contributed by atoms with Crippen molar-refractivity contribution >= 4 is 44.7 Å². The highest BCUT2D eigenvalue weighted by Gasteiger charge is 2.18. The highest BCUT2D eigenvalue weighted by molar-refractivity contribution is 6.89. The molecule has 0 saturated carbocycles. The molecule has 345 valence electrons. The maximum Gasteiger partial charge on any atom is 0.131 e. The van der Waals surface area contributed by atoms with Gasteiger partial charge in [0, 0.05) is 102 Å². The predicted octanol–water partition coefficient (Wildman–Crippen LogP) is -4.99. The Morgan fingerprint density at radius 3 is 0.903 bits per heavy atom.